The van der Waals surface area contributed by atoms with E-state index in [1.165, 1.54) is 0 Å². The molecule has 4 atom stereocenters. The van der Waals surface area contributed by atoms with Crippen molar-refractivity contribution in [3.63, 3.8) is 0 Å². The first-order valence-electron chi connectivity index (χ1n) is 4.05. The molecule has 0 aromatic rings. The second kappa shape index (κ2) is 2.05. The van der Waals surface area contributed by atoms with Crippen LogP contribution in [0.3, 0.4) is 0 Å². The van der Waals surface area contributed by atoms with Crippen LogP contribution in [0.1, 0.15) is 13.8 Å². The van der Waals surface area contributed by atoms with Crippen molar-refractivity contribution in [2.75, 3.05) is 6.54 Å². The molecule has 2 rings (SSSR count). The Balaban J connectivity index is 2.16. The van der Waals surface area contributed by atoms with E-state index in [1.807, 2.05) is 0 Å². The highest BCUT2D eigenvalue weighted by atomic mass is 31.0. The van der Waals surface area contributed by atoms with Gasteiger partial charge in [0.1, 0.15) is 6.29 Å². The minimum absolute atomic E-state index is 0.167. The molecule has 11 heavy (non-hydrogen) atoms. The zero-order valence-electron chi connectivity index (χ0n) is 6.95. The molecule has 3 heteroatoms. The summed E-state index contributed by atoms with van der Waals surface area (Å²) >= 11 is 0. The molecule has 0 spiro atoms. The zero-order valence-corrected chi connectivity index (χ0v) is 8.10. The Hall–Kier alpha value is 0.0600. The van der Waals surface area contributed by atoms with Crippen molar-refractivity contribution in [2.24, 2.45) is 17.3 Å². The van der Waals surface area contributed by atoms with Gasteiger partial charge in [-0.05, 0) is 17.3 Å². The average Bonchev–Trinajstić information content (AvgIpc) is 2.38. The van der Waals surface area contributed by atoms with Crippen LogP contribution in [0.5, 0.6) is 0 Å². The Labute approximate surface area is 69.6 Å². The molecule has 1 aliphatic heterocycles. The van der Waals surface area contributed by atoms with Crippen molar-refractivity contribution in [1.82, 2.24) is 4.67 Å². The van der Waals surface area contributed by atoms with Crippen LogP contribution in [0.4, 0.5) is 0 Å². The van der Waals surface area contributed by atoms with Gasteiger partial charge in [-0.2, -0.15) is 0 Å². The Kier molecular flexibility index (Phi) is 1.44. The molecule has 1 saturated heterocycles. The largest absolute Gasteiger partial charge is 0.302 e. The lowest BCUT2D eigenvalue weighted by Crippen LogP contribution is -2.29. The zero-order chi connectivity index (χ0) is 8.22. The van der Waals surface area contributed by atoms with Crippen LogP contribution in [-0.4, -0.2) is 23.5 Å². The highest BCUT2D eigenvalue weighted by Crippen LogP contribution is 2.64. The molecule has 0 N–H and O–H groups in total. The molecule has 1 unspecified atom stereocenters. The number of hydrogen-bond donors (Lipinski definition) is 0. The first kappa shape index (κ1) is 7.70. The summed E-state index contributed by atoms with van der Waals surface area (Å²) in [5, 5.41) is 0. The van der Waals surface area contributed by atoms with E-state index < -0.39 is 0 Å². The van der Waals surface area contributed by atoms with E-state index in [0.29, 0.717) is 11.3 Å². The number of aldehydes is 1. The van der Waals surface area contributed by atoms with Crippen molar-refractivity contribution >= 4 is 15.7 Å². The number of carbonyl (C=O) groups is 1. The van der Waals surface area contributed by atoms with E-state index in [0.717, 1.165) is 18.7 Å². The molecule has 0 aromatic heterocycles. The molecule has 1 aliphatic carbocycles. The molecule has 0 amide bonds. The summed E-state index contributed by atoms with van der Waals surface area (Å²) in [5.74, 6) is 1.38. The van der Waals surface area contributed by atoms with Gasteiger partial charge < -0.3 is 4.79 Å². The minimum atomic E-state index is 0.167. The van der Waals surface area contributed by atoms with Crippen molar-refractivity contribution in [3.05, 3.63) is 0 Å². The fourth-order valence-corrected chi connectivity index (χ4v) is 3.01. The van der Waals surface area contributed by atoms with Gasteiger partial charge in [-0.1, -0.05) is 23.2 Å². The van der Waals surface area contributed by atoms with E-state index in [4.69, 9.17) is 0 Å². The molecular weight excluding hydrogens is 157 g/mol. The SMILES string of the molecule is CC1(C)[C@@H]2[C@H](C=O)N(P)C[C@@H]21. The summed E-state index contributed by atoms with van der Waals surface area (Å²) < 4.78 is 2.09. The Morgan fingerprint density at radius 2 is 2.27 bits per heavy atom. The van der Waals surface area contributed by atoms with Crippen molar-refractivity contribution in [1.29, 1.82) is 0 Å². The fourth-order valence-electron chi connectivity index (χ4n) is 2.53. The predicted octanol–water partition coefficient (Wildman–Crippen LogP) is 0.932. The monoisotopic (exact) mass is 171 g/mol. The third kappa shape index (κ3) is 0.830. The summed E-state index contributed by atoms with van der Waals surface area (Å²) in [6, 6.07) is 0.167. The van der Waals surface area contributed by atoms with E-state index in [1.54, 1.807) is 0 Å². The lowest BCUT2D eigenvalue weighted by molar-refractivity contribution is -0.111. The molecule has 0 aromatic carbocycles. The summed E-state index contributed by atoms with van der Waals surface area (Å²) in [5.41, 5.74) is 0.429. The van der Waals surface area contributed by atoms with Crippen LogP contribution in [-0.2, 0) is 4.79 Å². The first-order valence-corrected chi connectivity index (χ1v) is 4.57. The van der Waals surface area contributed by atoms with Gasteiger partial charge in [-0.3, -0.25) is 4.67 Å². The molecular formula is C8H14NOP. The molecule has 2 fully saturated rings. The van der Waals surface area contributed by atoms with Crippen molar-refractivity contribution in [2.45, 2.75) is 19.9 Å². The highest BCUT2D eigenvalue weighted by Gasteiger charge is 2.65. The smallest absolute Gasteiger partial charge is 0.137 e. The molecule has 1 heterocycles. The summed E-state index contributed by atoms with van der Waals surface area (Å²) in [6.07, 6.45) is 1.09. The molecule has 62 valence electrons. The Bertz CT molecular complexity index is 204. The average molecular weight is 171 g/mol. The molecule has 0 bridgehead atoms. The van der Waals surface area contributed by atoms with E-state index >= 15 is 0 Å². The van der Waals surface area contributed by atoms with Crippen LogP contribution < -0.4 is 0 Å². The van der Waals surface area contributed by atoms with Gasteiger partial charge in [0.25, 0.3) is 0 Å². The lowest BCUT2D eigenvalue weighted by atomic mass is 10.0. The second-order valence-electron chi connectivity index (χ2n) is 4.28. The lowest BCUT2D eigenvalue weighted by Gasteiger charge is -2.21. The third-order valence-corrected chi connectivity index (χ3v) is 3.99. The first-order chi connectivity index (χ1) is 5.09. The maximum absolute atomic E-state index is 10.7. The number of piperidine rings is 1. The van der Waals surface area contributed by atoms with Crippen LogP contribution in [0.25, 0.3) is 0 Å². The normalized spacial score (nSPS) is 47.0. The van der Waals surface area contributed by atoms with E-state index in [2.05, 4.69) is 27.9 Å². The Morgan fingerprint density at radius 1 is 1.64 bits per heavy atom. The quantitative estimate of drug-likeness (QED) is 0.432. The maximum atomic E-state index is 10.7. The van der Waals surface area contributed by atoms with Gasteiger partial charge in [-0.25, -0.2) is 0 Å². The standard InChI is InChI=1S/C8H14NOP/c1-8(2)5-3-9(11)6(4-10)7(5)8/h4-7H,3,11H2,1-2H3/t5-,6-,7-/m0/s1. The number of nitrogens with zero attached hydrogens (tertiary/aromatic N) is 1. The summed E-state index contributed by atoms with van der Waals surface area (Å²) in [6.45, 7) is 5.60. The van der Waals surface area contributed by atoms with E-state index in [-0.39, 0.29) is 6.04 Å². The van der Waals surface area contributed by atoms with Crippen molar-refractivity contribution < 1.29 is 4.79 Å². The topological polar surface area (TPSA) is 20.3 Å². The molecule has 0 radical (unpaired) electrons. The second-order valence-corrected chi connectivity index (χ2v) is 4.94. The number of rotatable bonds is 1. The van der Waals surface area contributed by atoms with Gasteiger partial charge in [0.2, 0.25) is 0 Å². The van der Waals surface area contributed by atoms with Crippen LogP contribution in [0.2, 0.25) is 0 Å². The maximum Gasteiger partial charge on any atom is 0.137 e. The highest BCUT2D eigenvalue weighted by molar-refractivity contribution is 7.13. The molecule has 2 nitrogen and oxygen atoms in total. The Morgan fingerprint density at radius 3 is 2.64 bits per heavy atom. The number of fused-ring (bicyclic) bond motifs is 1. The summed E-state index contributed by atoms with van der Waals surface area (Å²) in [7, 11) is 2.64. The summed E-state index contributed by atoms with van der Waals surface area (Å²) in [4.78, 5) is 10.7. The van der Waals surface area contributed by atoms with Crippen LogP contribution >= 0.6 is 9.39 Å². The molecule has 1 saturated carbocycles. The van der Waals surface area contributed by atoms with E-state index in [9.17, 15) is 4.79 Å². The fraction of sp³-hybridized carbons (Fsp3) is 0.875. The third-order valence-electron chi connectivity index (χ3n) is 3.44. The number of carbonyl (C=O) groups excluding carboxylic acids is 1. The van der Waals surface area contributed by atoms with Crippen molar-refractivity contribution in [3.8, 4) is 0 Å². The predicted molar refractivity (Wildman–Crippen MR) is 47.0 cm³/mol. The van der Waals surface area contributed by atoms with Gasteiger partial charge in [0, 0.05) is 6.54 Å². The van der Waals surface area contributed by atoms with Gasteiger partial charge in [0.05, 0.1) is 6.04 Å². The van der Waals surface area contributed by atoms with Gasteiger partial charge in [0.15, 0.2) is 0 Å². The molecule has 2 aliphatic rings. The van der Waals surface area contributed by atoms with Crippen LogP contribution in [0.15, 0.2) is 0 Å². The minimum Gasteiger partial charge on any atom is -0.302 e. The van der Waals surface area contributed by atoms with Gasteiger partial charge >= 0.3 is 0 Å². The van der Waals surface area contributed by atoms with Gasteiger partial charge in [-0.15, -0.1) is 0 Å². The number of hydrogen-bond acceptors (Lipinski definition) is 2. The van der Waals surface area contributed by atoms with Crippen LogP contribution in [0, 0.1) is 17.3 Å².